The van der Waals surface area contributed by atoms with E-state index in [-0.39, 0.29) is 29.9 Å². The Labute approximate surface area is 197 Å². The molecule has 4 rings (SSSR count). The zero-order chi connectivity index (χ0) is 23.5. The number of halogens is 1. The minimum Gasteiger partial charge on any atom is -0.380 e. The van der Waals surface area contributed by atoms with Gasteiger partial charge < -0.3 is 20.3 Å². The summed E-state index contributed by atoms with van der Waals surface area (Å²) in [4.78, 5) is 41.2. The Bertz CT molecular complexity index is 1070. The Balaban J connectivity index is 1.43. The van der Waals surface area contributed by atoms with Crippen LogP contribution in [0.25, 0.3) is 0 Å². The zero-order valence-electron chi connectivity index (χ0n) is 18.3. The molecule has 1 unspecified atom stereocenters. The highest BCUT2D eigenvalue weighted by atomic mass is 35.5. The van der Waals surface area contributed by atoms with Crippen LogP contribution in [-0.4, -0.2) is 48.5 Å². The minimum atomic E-state index is -0.689. The van der Waals surface area contributed by atoms with Crippen LogP contribution in [0.2, 0.25) is 5.02 Å². The van der Waals surface area contributed by atoms with E-state index in [0.29, 0.717) is 29.4 Å². The number of nitrogens with zero attached hydrogens (tertiary/aromatic N) is 2. The third-order valence-corrected chi connectivity index (χ3v) is 6.07. The molecule has 1 fully saturated rings. The number of benzene rings is 2. The highest BCUT2D eigenvalue weighted by Gasteiger charge is 2.40. The van der Waals surface area contributed by atoms with Gasteiger partial charge in [0.05, 0.1) is 12.0 Å². The quantitative estimate of drug-likeness (QED) is 0.691. The molecule has 3 atom stereocenters. The molecule has 33 heavy (non-hydrogen) atoms. The van der Waals surface area contributed by atoms with Crippen molar-refractivity contribution in [3.63, 3.8) is 0 Å². The van der Waals surface area contributed by atoms with Crippen molar-refractivity contribution in [1.29, 1.82) is 0 Å². The lowest BCUT2D eigenvalue weighted by Gasteiger charge is -2.24. The second-order valence-electron chi connectivity index (χ2n) is 8.07. The summed E-state index contributed by atoms with van der Waals surface area (Å²) in [6, 6.07) is 12.7. The third-order valence-electron chi connectivity index (χ3n) is 5.82. The molecule has 8 nitrogen and oxygen atoms in total. The first-order valence-corrected chi connectivity index (χ1v) is 11.0. The van der Waals surface area contributed by atoms with Crippen LogP contribution in [0, 0.1) is 5.92 Å². The monoisotopic (exact) mass is 468 g/mol. The van der Waals surface area contributed by atoms with Crippen LogP contribution in [0.3, 0.4) is 0 Å². The van der Waals surface area contributed by atoms with Crippen molar-refractivity contribution < 1.29 is 19.1 Å². The molecule has 2 aliphatic rings. The van der Waals surface area contributed by atoms with Gasteiger partial charge in [-0.05, 0) is 55.5 Å². The molecular formula is C24H25ClN4O4. The van der Waals surface area contributed by atoms with E-state index in [0.717, 1.165) is 5.69 Å². The van der Waals surface area contributed by atoms with E-state index in [4.69, 9.17) is 16.3 Å². The molecule has 9 heteroatoms. The molecule has 172 valence electrons. The maximum atomic E-state index is 13.0. The van der Waals surface area contributed by atoms with Gasteiger partial charge in [0.15, 0.2) is 0 Å². The van der Waals surface area contributed by atoms with E-state index in [9.17, 15) is 14.4 Å². The highest BCUT2D eigenvalue weighted by molar-refractivity contribution is 6.30. The number of hydrogen-bond donors (Lipinski definition) is 2. The largest absolute Gasteiger partial charge is 0.380 e. The summed E-state index contributed by atoms with van der Waals surface area (Å²) in [6.45, 7) is 2.14. The Kier molecular flexibility index (Phi) is 6.67. The lowest BCUT2D eigenvalue weighted by molar-refractivity contribution is -0.120. The Hall–Kier alpha value is -3.36. The summed E-state index contributed by atoms with van der Waals surface area (Å²) in [7, 11) is 1.56. The number of carbonyl (C=O) groups excluding carboxylic acids is 3. The molecule has 2 aliphatic heterocycles. The van der Waals surface area contributed by atoms with Crippen molar-refractivity contribution in [2.24, 2.45) is 5.92 Å². The predicted octanol–water partition coefficient (Wildman–Crippen LogP) is 4.10. The Morgan fingerprint density at radius 1 is 1.03 bits per heavy atom. The van der Waals surface area contributed by atoms with Crippen LogP contribution in [0.1, 0.15) is 13.3 Å². The van der Waals surface area contributed by atoms with Gasteiger partial charge in [-0.15, -0.1) is 0 Å². The molecular weight excluding hydrogens is 444 g/mol. The van der Waals surface area contributed by atoms with Crippen molar-refractivity contribution in [3.05, 3.63) is 65.8 Å². The summed E-state index contributed by atoms with van der Waals surface area (Å²) in [5.74, 6) is -0.449. The van der Waals surface area contributed by atoms with E-state index in [2.05, 4.69) is 10.6 Å². The summed E-state index contributed by atoms with van der Waals surface area (Å²) in [6.07, 6.45) is 3.74. The number of likely N-dealkylation sites (tertiary alicyclic amines) is 1. The number of urea groups is 1. The van der Waals surface area contributed by atoms with Gasteiger partial charge in [0.25, 0.3) is 0 Å². The fourth-order valence-electron chi connectivity index (χ4n) is 3.90. The highest BCUT2D eigenvalue weighted by Crippen LogP contribution is 2.26. The first-order valence-electron chi connectivity index (χ1n) is 10.6. The van der Waals surface area contributed by atoms with Crippen LogP contribution >= 0.6 is 11.6 Å². The van der Waals surface area contributed by atoms with E-state index >= 15 is 0 Å². The molecule has 4 amide bonds. The minimum absolute atomic E-state index is 0.00527. The summed E-state index contributed by atoms with van der Waals surface area (Å²) >= 11 is 5.90. The first-order chi connectivity index (χ1) is 15.9. The summed E-state index contributed by atoms with van der Waals surface area (Å²) < 4.78 is 5.42. The van der Waals surface area contributed by atoms with E-state index in [1.165, 1.54) is 4.90 Å². The van der Waals surface area contributed by atoms with E-state index < -0.39 is 6.04 Å². The summed E-state index contributed by atoms with van der Waals surface area (Å²) in [5, 5.41) is 6.23. The number of amides is 4. The number of anilines is 3. The molecule has 2 N–H and O–H groups in total. The van der Waals surface area contributed by atoms with E-state index in [1.807, 2.05) is 13.0 Å². The molecule has 1 saturated heterocycles. The molecule has 0 spiro atoms. The van der Waals surface area contributed by atoms with Crippen LogP contribution in [-0.2, 0) is 14.3 Å². The average Bonchev–Trinajstić information content (AvgIpc) is 3.40. The van der Waals surface area contributed by atoms with Gasteiger partial charge in [0.2, 0.25) is 11.8 Å². The van der Waals surface area contributed by atoms with Gasteiger partial charge in [-0.25, -0.2) is 4.79 Å². The van der Waals surface area contributed by atoms with Crippen LogP contribution < -0.4 is 15.5 Å². The number of methoxy groups -OCH3 is 1. The van der Waals surface area contributed by atoms with Gasteiger partial charge in [-0.3, -0.25) is 14.5 Å². The van der Waals surface area contributed by atoms with Crippen LogP contribution in [0.15, 0.2) is 60.8 Å². The number of hydrogen-bond acceptors (Lipinski definition) is 4. The number of ether oxygens (including phenoxy) is 1. The molecule has 0 bridgehead atoms. The first kappa shape index (κ1) is 22.8. The van der Waals surface area contributed by atoms with Crippen molar-refractivity contribution >= 4 is 46.5 Å². The fraction of sp³-hybridized carbons (Fsp3) is 0.292. The molecule has 0 radical (unpaired) electrons. The lowest BCUT2D eigenvalue weighted by Crippen LogP contribution is -2.45. The van der Waals surface area contributed by atoms with Crippen molar-refractivity contribution in [3.8, 4) is 0 Å². The maximum Gasteiger partial charge on any atom is 0.322 e. The molecule has 0 aliphatic carbocycles. The Morgan fingerprint density at radius 3 is 2.27 bits per heavy atom. The second-order valence-corrected chi connectivity index (χ2v) is 8.51. The normalized spacial score (nSPS) is 22.0. The van der Waals surface area contributed by atoms with E-state index in [1.54, 1.807) is 66.7 Å². The molecule has 2 aromatic carbocycles. The molecule has 2 aromatic rings. The standard InChI is InChI=1S/C24H25ClN4O4/c1-15-11-12-28(23(15)31)19-9-7-17(8-10-19)26-22(30)21-13-20(33-2)14-29(21)24(32)27-18-5-3-16(25)4-6-18/h3-12,15,20-21H,13-14H2,1-2H3,(H,26,30)(H,27,32)/t15?,20-,21-/m1/s1. The predicted molar refractivity (Wildman–Crippen MR) is 127 cm³/mol. The number of nitrogens with one attached hydrogen (secondary N) is 2. The smallest absolute Gasteiger partial charge is 0.322 e. The second kappa shape index (κ2) is 9.64. The summed E-state index contributed by atoms with van der Waals surface area (Å²) in [5.41, 5.74) is 1.88. The van der Waals surface area contributed by atoms with Gasteiger partial charge in [0, 0.05) is 48.4 Å². The van der Waals surface area contributed by atoms with Gasteiger partial charge >= 0.3 is 6.03 Å². The van der Waals surface area contributed by atoms with Crippen molar-refractivity contribution in [1.82, 2.24) is 4.90 Å². The van der Waals surface area contributed by atoms with Gasteiger partial charge in [0.1, 0.15) is 6.04 Å². The van der Waals surface area contributed by atoms with Crippen LogP contribution in [0.4, 0.5) is 21.9 Å². The Morgan fingerprint density at radius 2 is 1.67 bits per heavy atom. The maximum absolute atomic E-state index is 13.0. The molecule has 0 saturated carbocycles. The SMILES string of the molecule is CO[C@@H]1C[C@H](C(=O)Nc2ccc(N3C=CC(C)C3=O)cc2)N(C(=O)Nc2ccc(Cl)cc2)C1. The topological polar surface area (TPSA) is 91.0 Å². The lowest BCUT2D eigenvalue weighted by atomic mass is 10.1. The van der Waals surface area contributed by atoms with Gasteiger partial charge in [-0.1, -0.05) is 17.7 Å². The van der Waals surface area contributed by atoms with Crippen LogP contribution in [0.5, 0.6) is 0 Å². The van der Waals surface area contributed by atoms with Crippen molar-refractivity contribution in [2.45, 2.75) is 25.5 Å². The third kappa shape index (κ3) is 5.02. The van der Waals surface area contributed by atoms with Crippen molar-refractivity contribution in [2.75, 3.05) is 29.2 Å². The van der Waals surface area contributed by atoms with Gasteiger partial charge in [-0.2, -0.15) is 0 Å². The number of rotatable bonds is 5. The molecule has 0 aromatic heterocycles. The average molecular weight is 469 g/mol. The molecule has 2 heterocycles. The zero-order valence-corrected chi connectivity index (χ0v) is 19.1. The fourth-order valence-corrected chi connectivity index (χ4v) is 4.03. The number of carbonyl (C=O) groups is 3.